The highest BCUT2D eigenvalue weighted by molar-refractivity contribution is 5.20. The molecule has 1 aromatic heterocycles. The molecule has 2 nitrogen and oxygen atoms in total. The summed E-state index contributed by atoms with van der Waals surface area (Å²) in [4.78, 5) is 1.09. The van der Waals surface area contributed by atoms with Crippen molar-refractivity contribution in [2.24, 2.45) is 0 Å². The molecular weight excluding hydrogens is 690 g/mol. The Morgan fingerprint density at radius 1 is 0.357 bits per heavy atom. The smallest absolute Gasteiger partial charge is 0.228 e. The van der Waals surface area contributed by atoms with Crippen LogP contribution in [0.1, 0.15) is 0 Å². The zero-order chi connectivity index (χ0) is 34.5. The van der Waals surface area contributed by atoms with Crippen LogP contribution in [0.5, 0.6) is 0 Å². The monoisotopic (exact) mass is 690 g/mol. The molecule has 0 amide bonds. The maximum atomic E-state index is 14.8. The normalized spacial score (nSPS) is 17.5. The maximum absolute atomic E-state index is 14.8. The predicted octanol–water partition coefficient (Wildman–Crippen LogP) is 8.13. The van der Waals surface area contributed by atoms with E-state index < -0.39 is 88.1 Å². The van der Waals surface area contributed by atoms with Crippen molar-refractivity contribution in [1.29, 1.82) is 0 Å². The van der Waals surface area contributed by atoms with E-state index in [9.17, 15) is 114 Å². The number of alkyl halides is 23. The second kappa shape index (κ2) is 9.20. The molecule has 1 heterocycles. The minimum atomic E-state index is -9.68. The van der Waals surface area contributed by atoms with Crippen LogP contribution in [0.25, 0.3) is 0 Å². The molecule has 248 valence electrons. The molecule has 0 aliphatic rings. The third-order valence-corrected chi connectivity index (χ3v) is 4.96. The van der Waals surface area contributed by atoms with Gasteiger partial charge in [-0.1, -0.05) is 0 Å². The Kier molecular flexibility index (Phi) is 8.19. The molecular formula is C14F26N2. The summed E-state index contributed by atoms with van der Waals surface area (Å²) < 4.78 is 343. The second-order valence-electron chi connectivity index (χ2n) is 7.51. The lowest BCUT2D eigenvalue weighted by Crippen LogP contribution is -2.78. The van der Waals surface area contributed by atoms with Crippen molar-refractivity contribution in [2.45, 2.75) is 65.5 Å². The van der Waals surface area contributed by atoms with Crippen LogP contribution >= 0.6 is 0 Å². The number of halogens is 26. The van der Waals surface area contributed by atoms with Gasteiger partial charge in [0.25, 0.3) is 18.0 Å². The van der Waals surface area contributed by atoms with Gasteiger partial charge >= 0.3 is 65.5 Å². The van der Waals surface area contributed by atoms with Gasteiger partial charge in [0.05, 0.1) is 0 Å². The van der Waals surface area contributed by atoms with Crippen molar-refractivity contribution in [2.75, 3.05) is 0 Å². The van der Waals surface area contributed by atoms with Crippen LogP contribution in [0, 0.1) is 18.0 Å². The number of aromatic nitrogens is 2. The molecule has 1 atom stereocenters. The van der Waals surface area contributed by atoms with Gasteiger partial charge in [-0.15, -0.1) is 0 Å². The summed E-state index contributed by atoms with van der Waals surface area (Å²) in [5.41, 5.74) is 0. The number of rotatable bonds is 9. The van der Waals surface area contributed by atoms with E-state index in [0.29, 0.717) is 0 Å². The van der Waals surface area contributed by atoms with Gasteiger partial charge in [0, 0.05) is 0 Å². The summed E-state index contributed by atoms with van der Waals surface area (Å²) in [7, 11) is 0. The zero-order valence-corrected chi connectivity index (χ0v) is 17.7. The molecule has 0 spiro atoms. The Balaban J connectivity index is 4.24. The summed E-state index contributed by atoms with van der Waals surface area (Å²) in [6.07, 6.45) is -20.8. The third kappa shape index (κ3) is 4.14. The van der Waals surface area contributed by atoms with E-state index in [1.165, 1.54) is 0 Å². The number of hydrogen-bond acceptors (Lipinski definition) is 1. The molecule has 1 unspecified atom stereocenters. The fourth-order valence-corrected chi connectivity index (χ4v) is 2.65. The van der Waals surface area contributed by atoms with Crippen LogP contribution in [0.15, 0.2) is 0 Å². The van der Waals surface area contributed by atoms with Crippen molar-refractivity contribution < 1.29 is 114 Å². The predicted molar refractivity (Wildman–Crippen MR) is 72.9 cm³/mol. The van der Waals surface area contributed by atoms with Gasteiger partial charge < -0.3 is 0 Å². The van der Waals surface area contributed by atoms with Gasteiger partial charge in [-0.3, -0.25) is 0 Å². The van der Waals surface area contributed by atoms with Crippen molar-refractivity contribution in [3.05, 3.63) is 18.0 Å². The van der Waals surface area contributed by atoms with Crippen LogP contribution in [-0.2, 0) is 5.79 Å². The fraction of sp³-hybridized carbons (Fsp3) is 0.786. The van der Waals surface area contributed by atoms with Crippen molar-refractivity contribution in [3.63, 3.8) is 0 Å². The molecule has 42 heavy (non-hydrogen) atoms. The highest BCUT2D eigenvalue weighted by Crippen LogP contribution is 2.68. The van der Waals surface area contributed by atoms with Gasteiger partial charge in [-0.2, -0.15) is 115 Å². The minimum Gasteiger partial charge on any atom is -0.228 e. The molecule has 0 aliphatic carbocycles. The Labute approximate surface area is 208 Å². The van der Waals surface area contributed by atoms with Gasteiger partial charge in [0.1, 0.15) is 0 Å². The topological polar surface area (TPSA) is 17.8 Å². The van der Waals surface area contributed by atoms with Crippen molar-refractivity contribution >= 4 is 0 Å². The fourth-order valence-electron chi connectivity index (χ4n) is 2.65. The van der Waals surface area contributed by atoms with Crippen LogP contribution < -0.4 is 0 Å². The average molecular weight is 690 g/mol. The van der Waals surface area contributed by atoms with Gasteiger partial charge in [0.15, 0.2) is 0 Å². The first-order valence-electron chi connectivity index (χ1n) is 8.78. The van der Waals surface area contributed by atoms with E-state index in [2.05, 4.69) is 0 Å². The minimum absolute atomic E-state index is 1.09. The highest BCUT2D eigenvalue weighted by atomic mass is 19.4. The standard InChI is InChI=1S/C14F26N2/c15-1-2(16)42(3(17)41-1)12(34,11(32,33)14(38,39)40)9(28,29)7(24,25)5(20,21)4(18,19)6(22,23)8(26,27)10(30,31)13(35,36)37. The molecule has 28 heteroatoms. The molecule has 0 N–H and O–H groups in total. The van der Waals surface area contributed by atoms with E-state index in [0.717, 1.165) is 4.98 Å². The molecule has 0 aromatic carbocycles. The molecule has 0 radical (unpaired) electrons. The van der Waals surface area contributed by atoms with Crippen molar-refractivity contribution in [1.82, 2.24) is 9.55 Å². The van der Waals surface area contributed by atoms with E-state index in [4.69, 9.17) is 0 Å². The van der Waals surface area contributed by atoms with E-state index >= 15 is 0 Å². The van der Waals surface area contributed by atoms with Crippen LogP contribution in [0.4, 0.5) is 114 Å². The summed E-state index contributed by atoms with van der Waals surface area (Å²) in [5, 5.41) is 0. The Bertz CT molecular complexity index is 1170. The SMILES string of the molecule is Fc1nc(F)n(C(F)(C(F)(F)C(F)(F)F)C(F)(F)C(F)(F)C(F)(F)C(F)(F)C(F)(F)C(F)(F)C(F)(F)C(F)(F)F)c1F. The Hall–Kier alpha value is -2.61. The first-order chi connectivity index (χ1) is 17.8. The zero-order valence-electron chi connectivity index (χ0n) is 17.7. The Morgan fingerprint density at radius 3 is 0.857 bits per heavy atom. The second-order valence-corrected chi connectivity index (χ2v) is 7.51. The summed E-state index contributed by atoms with van der Waals surface area (Å²) >= 11 is 0. The first kappa shape index (κ1) is 37.4. The summed E-state index contributed by atoms with van der Waals surface area (Å²) in [6, 6.07) is 0. The molecule has 1 rings (SSSR count). The van der Waals surface area contributed by atoms with E-state index in [1.807, 2.05) is 0 Å². The van der Waals surface area contributed by atoms with E-state index in [-0.39, 0.29) is 0 Å². The third-order valence-electron chi connectivity index (χ3n) is 4.96. The molecule has 0 fully saturated rings. The molecule has 0 saturated carbocycles. The lowest BCUT2D eigenvalue weighted by molar-refractivity contribution is -0.480. The largest absolute Gasteiger partial charge is 0.460 e. The average Bonchev–Trinajstić information content (AvgIpc) is 3.01. The number of hydrogen-bond donors (Lipinski definition) is 0. The lowest BCUT2D eigenvalue weighted by atomic mass is 9.84. The number of nitrogens with zero attached hydrogens (tertiary/aromatic N) is 2. The lowest BCUT2D eigenvalue weighted by Gasteiger charge is -2.46. The quantitative estimate of drug-likeness (QED) is 0.240. The van der Waals surface area contributed by atoms with Crippen molar-refractivity contribution in [3.8, 4) is 0 Å². The Morgan fingerprint density at radius 2 is 0.619 bits per heavy atom. The molecule has 1 aromatic rings. The molecule has 0 bridgehead atoms. The van der Waals surface area contributed by atoms with Crippen LogP contribution in [0.3, 0.4) is 0 Å². The van der Waals surface area contributed by atoms with Gasteiger partial charge in [0.2, 0.25) is 0 Å². The summed E-state index contributed by atoms with van der Waals surface area (Å²) in [5.74, 6) is -91.3. The highest BCUT2D eigenvalue weighted by Gasteiger charge is 2.99. The van der Waals surface area contributed by atoms with Crippen LogP contribution in [0.2, 0.25) is 0 Å². The van der Waals surface area contributed by atoms with Gasteiger partial charge in [-0.05, 0) is 0 Å². The van der Waals surface area contributed by atoms with Gasteiger partial charge in [-0.25, -0.2) is 8.96 Å². The molecule has 0 aliphatic heterocycles. The maximum Gasteiger partial charge on any atom is 0.460 e. The summed E-state index contributed by atoms with van der Waals surface area (Å²) in [6.45, 7) is 0. The first-order valence-corrected chi connectivity index (χ1v) is 8.78. The molecule has 0 saturated heterocycles. The van der Waals surface area contributed by atoms with E-state index in [1.54, 1.807) is 0 Å². The van der Waals surface area contributed by atoms with Crippen LogP contribution in [-0.4, -0.2) is 69.3 Å². The number of imidazole rings is 1.